The van der Waals surface area contributed by atoms with E-state index in [-0.39, 0.29) is 42.6 Å². The van der Waals surface area contributed by atoms with Gasteiger partial charge >= 0.3 is 171 Å². The number of oxazole rings is 1. The van der Waals surface area contributed by atoms with Gasteiger partial charge in [0.1, 0.15) is 0 Å². The molecule has 1 spiro atoms. The third-order valence-corrected chi connectivity index (χ3v) is 7.25. The molecule has 3 aliphatic rings. The zero-order chi connectivity index (χ0) is 22.7. The summed E-state index contributed by atoms with van der Waals surface area (Å²) >= 11 is -0.840. The quantitative estimate of drug-likeness (QED) is 0.439. The molecule has 0 radical (unpaired) electrons. The van der Waals surface area contributed by atoms with Crippen molar-refractivity contribution in [1.29, 1.82) is 0 Å². The van der Waals surface area contributed by atoms with E-state index in [0.29, 0.717) is 17.2 Å². The van der Waals surface area contributed by atoms with Crippen molar-refractivity contribution >= 4 is 17.5 Å². The van der Waals surface area contributed by atoms with Gasteiger partial charge in [-0.05, 0) is 13.8 Å². The SMILES string of the molecule is CC(C)NC(=O)c1coc(CN2C(=O)C3(COc4cc5c(cc43)O[I-]O5)c3ccccc32)n1. The molecule has 1 aromatic heterocycles. The Morgan fingerprint density at radius 2 is 1.97 bits per heavy atom. The molecule has 3 aromatic rings. The molecular formula is C23H19IN3O6-. The van der Waals surface area contributed by atoms with Gasteiger partial charge in [0.2, 0.25) is 0 Å². The summed E-state index contributed by atoms with van der Waals surface area (Å²) in [4.78, 5) is 32.2. The first-order valence-corrected chi connectivity index (χ1v) is 12.2. The van der Waals surface area contributed by atoms with Crippen molar-refractivity contribution in [2.45, 2.75) is 31.8 Å². The Morgan fingerprint density at radius 3 is 2.79 bits per heavy atom. The van der Waals surface area contributed by atoms with E-state index in [1.165, 1.54) is 6.26 Å². The van der Waals surface area contributed by atoms with Gasteiger partial charge in [0.25, 0.3) is 0 Å². The molecule has 0 bridgehead atoms. The molecule has 0 saturated heterocycles. The molecule has 2 aromatic carbocycles. The van der Waals surface area contributed by atoms with Gasteiger partial charge in [0.15, 0.2) is 0 Å². The van der Waals surface area contributed by atoms with Crippen LogP contribution >= 0.6 is 0 Å². The number of halogens is 1. The van der Waals surface area contributed by atoms with Gasteiger partial charge in [-0.15, -0.1) is 0 Å². The van der Waals surface area contributed by atoms with Crippen LogP contribution in [0.3, 0.4) is 0 Å². The van der Waals surface area contributed by atoms with Crippen molar-refractivity contribution in [3.63, 3.8) is 0 Å². The summed E-state index contributed by atoms with van der Waals surface area (Å²) in [6.07, 6.45) is 1.31. The molecule has 9 nitrogen and oxygen atoms in total. The van der Waals surface area contributed by atoms with E-state index in [2.05, 4.69) is 10.3 Å². The van der Waals surface area contributed by atoms with Crippen LogP contribution in [0.4, 0.5) is 5.69 Å². The van der Waals surface area contributed by atoms with Crippen molar-refractivity contribution in [3.8, 4) is 17.2 Å². The van der Waals surface area contributed by atoms with Crippen LogP contribution < -0.4 is 43.1 Å². The Bertz CT molecular complexity index is 1310. The Hall–Kier alpha value is -3.28. The number of aromatic nitrogens is 1. The van der Waals surface area contributed by atoms with Crippen LogP contribution in [0.15, 0.2) is 47.1 Å². The Labute approximate surface area is 200 Å². The van der Waals surface area contributed by atoms with E-state index in [1.54, 1.807) is 11.0 Å². The minimum absolute atomic E-state index is 0.0232. The van der Waals surface area contributed by atoms with E-state index in [0.717, 1.165) is 16.8 Å². The van der Waals surface area contributed by atoms with E-state index in [9.17, 15) is 9.59 Å². The third kappa shape index (κ3) is 3.00. The maximum atomic E-state index is 14.0. The standard InChI is InChI=1S/C23H19IN3O6/c1-12(2)25-21(28)15-10-30-20(26-15)9-27-16-6-4-3-5-13(16)23(22(27)29)11-31-17-8-19-18(7-14(17)23)32-24-33-19/h3-8,10,12H,9,11H2,1-2H3,(H,25,28)/q-1. The van der Waals surface area contributed by atoms with Crippen molar-refractivity contribution in [2.24, 2.45) is 0 Å². The molecule has 0 saturated carbocycles. The molecule has 0 aliphatic carbocycles. The zero-order valence-corrected chi connectivity index (χ0v) is 19.9. The summed E-state index contributed by atoms with van der Waals surface area (Å²) in [6, 6.07) is 11.3. The average Bonchev–Trinajstić information content (AvgIpc) is 3.56. The molecule has 6 rings (SSSR count). The van der Waals surface area contributed by atoms with Crippen LogP contribution in [0, 0.1) is 0 Å². The molecule has 1 N–H and O–H groups in total. The average molecular weight is 560 g/mol. The summed E-state index contributed by atoms with van der Waals surface area (Å²) in [5.41, 5.74) is 1.57. The van der Waals surface area contributed by atoms with Crippen LogP contribution in [0.2, 0.25) is 0 Å². The van der Waals surface area contributed by atoms with E-state index < -0.39 is 27.4 Å². The van der Waals surface area contributed by atoms with Crippen molar-refractivity contribution in [3.05, 3.63) is 65.4 Å². The number of hydrogen-bond donors (Lipinski definition) is 1. The normalized spacial score (nSPS) is 20.0. The Balaban J connectivity index is 1.38. The van der Waals surface area contributed by atoms with E-state index in [4.69, 9.17) is 15.3 Å². The molecule has 4 heterocycles. The number of rotatable bonds is 4. The van der Waals surface area contributed by atoms with Crippen LogP contribution in [0.5, 0.6) is 17.2 Å². The third-order valence-electron chi connectivity index (χ3n) is 5.94. The van der Waals surface area contributed by atoms with E-state index in [1.807, 2.05) is 44.2 Å². The van der Waals surface area contributed by atoms with E-state index >= 15 is 0 Å². The predicted octanol–water partition coefficient (Wildman–Crippen LogP) is -0.272. The fourth-order valence-corrected chi connectivity index (χ4v) is 5.67. The number of nitrogens with zero attached hydrogens (tertiary/aromatic N) is 2. The number of nitrogens with one attached hydrogen (secondary N) is 1. The van der Waals surface area contributed by atoms with Crippen LogP contribution in [-0.2, 0) is 16.8 Å². The summed E-state index contributed by atoms with van der Waals surface area (Å²) in [7, 11) is 0. The van der Waals surface area contributed by atoms with Crippen LogP contribution in [-0.4, -0.2) is 29.4 Å². The number of hydrogen-bond acceptors (Lipinski definition) is 7. The number of benzene rings is 2. The summed E-state index contributed by atoms with van der Waals surface area (Å²) in [6.45, 7) is 4.01. The van der Waals surface area contributed by atoms with Gasteiger partial charge in [-0.2, -0.15) is 0 Å². The van der Waals surface area contributed by atoms with Gasteiger partial charge < -0.3 is 5.32 Å². The van der Waals surface area contributed by atoms with Gasteiger partial charge in [0.05, 0.1) is 0 Å². The van der Waals surface area contributed by atoms with Crippen molar-refractivity contribution < 1.29 is 46.9 Å². The molecule has 10 heteroatoms. The van der Waals surface area contributed by atoms with Gasteiger partial charge in [-0.3, -0.25) is 4.79 Å². The molecule has 1 atom stereocenters. The molecule has 33 heavy (non-hydrogen) atoms. The fourth-order valence-electron chi connectivity index (χ4n) is 4.50. The topological polar surface area (TPSA) is 103 Å². The van der Waals surface area contributed by atoms with Crippen molar-refractivity contribution in [1.82, 2.24) is 10.3 Å². The summed E-state index contributed by atoms with van der Waals surface area (Å²) in [5, 5.41) is 2.78. The first-order chi connectivity index (χ1) is 16.0. The second kappa shape index (κ2) is 7.37. The number of amides is 2. The fraction of sp³-hybridized carbons (Fsp3) is 0.261. The molecular weight excluding hydrogens is 541 g/mol. The number of para-hydroxylation sites is 1. The van der Waals surface area contributed by atoms with Gasteiger partial charge in [-0.25, -0.2) is 0 Å². The maximum absolute atomic E-state index is 14.0. The minimum atomic E-state index is -0.990. The Morgan fingerprint density at radius 1 is 1.18 bits per heavy atom. The molecule has 1 unspecified atom stereocenters. The van der Waals surface area contributed by atoms with Gasteiger partial charge in [0, 0.05) is 6.04 Å². The molecule has 3 aliphatic heterocycles. The first kappa shape index (κ1) is 20.3. The van der Waals surface area contributed by atoms with Crippen molar-refractivity contribution in [2.75, 3.05) is 11.5 Å². The first-order valence-electron chi connectivity index (χ1n) is 10.4. The number of carbonyl (C=O) groups excluding carboxylic acids is 2. The molecule has 170 valence electrons. The monoisotopic (exact) mass is 560 g/mol. The zero-order valence-electron chi connectivity index (χ0n) is 17.8. The number of fused-ring (bicyclic) bond motifs is 5. The van der Waals surface area contributed by atoms with Gasteiger partial charge in [-0.1, -0.05) is 0 Å². The van der Waals surface area contributed by atoms with Crippen LogP contribution in [0.1, 0.15) is 41.4 Å². The number of carbonyl (C=O) groups is 2. The summed E-state index contributed by atoms with van der Waals surface area (Å²) in [5.74, 6) is 1.74. The molecule has 2 amide bonds. The number of anilines is 1. The van der Waals surface area contributed by atoms with Crippen LogP contribution in [0.25, 0.3) is 0 Å². The summed E-state index contributed by atoms with van der Waals surface area (Å²) < 4.78 is 22.8. The number of ether oxygens (including phenoxy) is 1. The second-order valence-corrected chi connectivity index (χ2v) is 9.61. The Kier molecular flexibility index (Phi) is 4.54. The predicted molar refractivity (Wildman–Crippen MR) is 111 cm³/mol. The second-order valence-electron chi connectivity index (χ2n) is 8.37. The molecule has 0 fully saturated rings.